The van der Waals surface area contributed by atoms with E-state index in [1.807, 2.05) is 50.2 Å². The molecule has 1 N–H and O–H groups in total. The Morgan fingerprint density at radius 1 is 1.06 bits per heavy atom. The number of H-pyrrole nitrogens is 1. The largest absolute Gasteiger partial charge is 0.339 e. The predicted octanol–water partition coefficient (Wildman–Crippen LogP) is 2.66. The van der Waals surface area contributed by atoms with Gasteiger partial charge in [0.05, 0.1) is 0 Å². The van der Waals surface area contributed by atoms with Crippen LogP contribution in [0.1, 0.15) is 28.5 Å². The zero-order valence-electron chi connectivity index (χ0n) is 18.2. The summed E-state index contributed by atoms with van der Waals surface area (Å²) in [6.45, 7) is 5.47. The molecule has 1 aliphatic heterocycles. The van der Waals surface area contributed by atoms with Crippen molar-refractivity contribution >= 4 is 11.8 Å². The monoisotopic (exact) mass is 430 g/mol. The summed E-state index contributed by atoms with van der Waals surface area (Å²) in [5.74, 6) is -0.432. The third-order valence-electron chi connectivity index (χ3n) is 5.88. The van der Waals surface area contributed by atoms with Crippen molar-refractivity contribution in [1.82, 2.24) is 20.0 Å². The van der Waals surface area contributed by atoms with Gasteiger partial charge in [0.15, 0.2) is 0 Å². The molecule has 32 heavy (non-hydrogen) atoms. The molecule has 1 saturated heterocycles. The molecule has 1 aliphatic rings. The number of aromatic nitrogens is 2. The van der Waals surface area contributed by atoms with Crippen LogP contribution in [0.4, 0.5) is 0 Å². The lowest BCUT2D eigenvalue weighted by atomic mass is 9.92. The van der Waals surface area contributed by atoms with E-state index in [-0.39, 0.29) is 23.1 Å². The molecule has 2 amide bonds. The van der Waals surface area contributed by atoms with Gasteiger partial charge in [0.1, 0.15) is 11.7 Å². The quantitative estimate of drug-likeness (QED) is 0.674. The maximum atomic E-state index is 13.3. The number of hydrogen-bond donors (Lipinski definition) is 1. The number of piperazine rings is 1. The van der Waals surface area contributed by atoms with Crippen LogP contribution < -0.4 is 5.56 Å². The molecular weight excluding hydrogens is 404 g/mol. The van der Waals surface area contributed by atoms with E-state index >= 15 is 0 Å². The Hall–Kier alpha value is -3.74. The highest BCUT2D eigenvalue weighted by Gasteiger charge is 2.38. The molecule has 4 rings (SSSR count). The number of nitrogens with one attached hydrogen (secondary N) is 1. The lowest BCUT2D eigenvalue weighted by molar-refractivity contribution is -0.139. The van der Waals surface area contributed by atoms with Gasteiger partial charge in [0.2, 0.25) is 5.91 Å². The predicted molar refractivity (Wildman–Crippen MR) is 122 cm³/mol. The van der Waals surface area contributed by atoms with E-state index in [1.54, 1.807) is 9.80 Å². The van der Waals surface area contributed by atoms with Gasteiger partial charge in [0, 0.05) is 32.1 Å². The molecule has 2 aromatic carbocycles. The highest BCUT2D eigenvalue weighted by Crippen LogP contribution is 2.28. The fourth-order valence-electron chi connectivity index (χ4n) is 4.20. The second kappa shape index (κ2) is 9.18. The molecule has 0 radical (unpaired) electrons. The summed E-state index contributed by atoms with van der Waals surface area (Å²) in [5.41, 5.74) is 4.03. The summed E-state index contributed by atoms with van der Waals surface area (Å²) in [5, 5.41) is 6.18. The van der Waals surface area contributed by atoms with Crippen molar-refractivity contribution in [3.8, 4) is 11.1 Å². The minimum atomic E-state index is -0.643. The van der Waals surface area contributed by atoms with Crippen molar-refractivity contribution in [2.24, 2.45) is 0 Å². The number of carbonyl (C=O) groups is 2. The average molecular weight is 431 g/mol. The molecule has 0 aliphatic carbocycles. The Morgan fingerprint density at radius 3 is 2.59 bits per heavy atom. The maximum Gasteiger partial charge on any atom is 0.275 e. The van der Waals surface area contributed by atoms with E-state index in [2.05, 4.69) is 22.3 Å². The Labute approximate surface area is 186 Å². The van der Waals surface area contributed by atoms with E-state index in [0.29, 0.717) is 26.1 Å². The average Bonchev–Trinajstić information content (AvgIpc) is 2.81. The highest BCUT2D eigenvalue weighted by molar-refractivity contribution is 5.97. The Kier molecular flexibility index (Phi) is 6.16. The molecule has 7 nitrogen and oxygen atoms in total. The van der Waals surface area contributed by atoms with E-state index in [0.717, 1.165) is 22.3 Å². The summed E-state index contributed by atoms with van der Waals surface area (Å²) >= 11 is 0. The van der Waals surface area contributed by atoms with E-state index in [9.17, 15) is 14.4 Å². The maximum absolute atomic E-state index is 13.3. The van der Waals surface area contributed by atoms with Crippen LogP contribution in [0.2, 0.25) is 0 Å². The van der Waals surface area contributed by atoms with Gasteiger partial charge in [-0.05, 0) is 36.6 Å². The van der Waals surface area contributed by atoms with Crippen LogP contribution in [-0.2, 0) is 11.2 Å². The molecule has 0 saturated carbocycles. The molecule has 1 aromatic heterocycles. The van der Waals surface area contributed by atoms with Gasteiger partial charge in [-0.1, -0.05) is 54.1 Å². The normalized spacial score (nSPS) is 16.3. The van der Waals surface area contributed by atoms with Crippen molar-refractivity contribution in [1.29, 1.82) is 0 Å². The number of carbonyl (C=O) groups excluding carboxylic acids is 2. The topological polar surface area (TPSA) is 86.4 Å². The molecule has 164 valence electrons. The third-order valence-corrected chi connectivity index (χ3v) is 5.88. The van der Waals surface area contributed by atoms with Gasteiger partial charge in [-0.25, -0.2) is 5.10 Å². The Bertz CT molecular complexity index is 1180. The standard InChI is InChI=1S/C25H26N4O3/c1-3-28-13-14-29(24(31)21-11-12-23(30)27-26-21)22(25(28)32)16-19-8-4-5-10-20(19)18-9-6-7-17(2)15-18/h4-12,15,22H,3,13-14,16H2,1-2H3,(H,27,30). The number of amides is 2. The second-order valence-electron chi connectivity index (χ2n) is 7.97. The van der Waals surface area contributed by atoms with E-state index < -0.39 is 6.04 Å². The van der Waals surface area contributed by atoms with Crippen molar-refractivity contribution in [2.75, 3.05) is 19.6 Å². The number of hydrogen-bond acceptors (Lipinski definition) is 4. The number of aryl methyl sites for hydroxylation is 1. The first kappa shape index (κ1) is 21.5. The van der Waals surface area contributed by atoms with Gasteiger partial charge >= 0.3 is 0 Å². The number of rotatable bonds is 5. The van der Waals surface area contributed by atoms with Crippen LogP contribution in [0.25, 0.3) is 11.1 Å². The summed E-state index contributed by atoms with van der Waals surface area (Å²) in [7, 11) is 0. The molecule has 2 heterocycles. The molecule has 1 atom stereocenters. The number of benzene rings is 2. The lowest BCUT2D eigenvalue weighted by Gasteiger charge is -2.40. The molecule has 0 spiro atoms. The van der Waals surface area contributed by atoms with Crippen LogP contribution in [0, 0.1) is 6.92 Å². The van der Waals surface area contributed by atoms with Crippen LogP contribution in [0.5, 0.6) is 0 Å². The summed E-state index contributed by atoms with van der Waals surface area (Å²) in [6.07, 6.45) is 0.397. The SMILES string of the molecule is CCN1CCN(C(=O)c2ccc(=O)[nH]n2)C(Cc2ccccc2-c2cccc(C)c2)C1=O. The summed E-state index contributed by atoms with van der Waals surface area (Å²) in [4.78, 5) is 41.3. The van der Waals surface area contributed by atoms with Crippen molar-refractivity contribution in [2.45, 2.75) is 26.3 Å². The lowest BCUT2D eigenvalue weighted by Crippen LogP contribution is -2.59. The van der Waals surface area contributed by atoms with Crippen LogP contribution in [0.3, 0.4) is 0 Å². The first-order valence-corrected chi connectivity index (χ1v) is 10.8. The van der Waals surface area contributed by atoms with Gasteiger partial charge in [-0.2, -0.15) is 5.10 Å². The Balaban J connectivity index is 1.70. The molecule has 0 bridgehead atoms. The molecular formula is C25H26N4O3. The first-order chi connectivity index (χ1) is 15.5. The fraction of sp³-hybridized carbons (Fsp3) is 0.280. The van der Waals surface area contributed by atoms with Crippen molar-refractivity contribution < 1.29 is 9.59 Å². The molecule has 7 heteroatoms. The molecule has 3 aromatic rings. The molecule has 1 fully saturated rings. The number of likely N-dealkylation sites (N-methyl/N-ethyl adjacent to an activating group) is 1. The molecule has 1 unspecified atom stereocenters. The minimum Gasteiger partial charge on any atom is -0.339 e. The van der Waals surface area contributed by atoms with Gasteiger partial charge in [-0.15, -0.1) is 0 Å². The zero-order valence-corrected chi connectivity index (χ0v) is 18.2. The third kappa shape index (κ3) is 4.32. The van der Waals surface area contributed by atoms with Gasteiger partial charge in [-0.3, -0.25) is 14.4 Å². The summed E-state index contributed by atoms with van der Waals surface area (Å²) < 4.78 is 0. The summed E-state index contributed by atoms with van der Waals surface area (Å²) in [6, 6.07) is 18.3. The Morgan fingerprint density at radius 2 is 1.88 bits per heavy atom. The minimum absolute atomic E-state index is 0.0735. The van der Waals surface area contributed by atoms with Crippen LogP contribution in [-0.4, -0.2) is 57.5 Å². The second-order valence-corrected chi connectivity index (χ2v) is 7.97. The van der Waals surface area contributed by atoms with Crippen LogP contribution in [0.15, 0.2) is 65.5 Å². The highest BCUT2D eigenvalue weighted by atomic mass is 16.2. The van der Waals surface area contributed by atoms with E-state index in [1.165, 1.54) is 12.1 Å². The fourth-order valence-corrected chi connectivity index (χ4v) is 4.20. The van der Waals surface area contributed by atoms with Gasteiger partial charge in [0.25, 0.3) is 11.5 Å². The number of aromatic amines is 1. The smallest absolute Gasteiger partial charge is 0.275 e. The van der Waals surface area contributed by atoms with Crippen LogP contribution >= 0.6 is 0 Å². The van der Waals surface area contributed by atoms with Gasteiger partial charge < -0.3 is 9.80 Å². The van der Waals surface area contributed by atoms with E-state index in [4.69, 9.17) is 0 Å². The first-order valence-electron chi connectivity index (χ1n) is 10.8. The number of nitrogens with zero attached hydrogens (tertiary/aromatic N) is 3. The van der Waals surface area contributed by atoms with Crippen molar-refractivity contribution in [3.63, 3.8) is 0 Å². The van der Waals surface area contributed by atoms with Crippen molar-refractivity contribution in [3.05, 3.63) is 87.8 Å². The zero-order chi connectivity index (χ0) is 22.7.